The molecular formula is C30H36N2O2S. The molecule has 0 saturated carbocycles. The summed E-state index contributed by atoms with van der Waals surface area (Å²) in [5, 5.41) is 3.08. The average Bonchev–Trinajstić information content (AvgIpc) is 2.88. The molecule has 3 aromatic carbocycles. The zero-order chi connectivity index (χ0) is 24.9. The fraction of sp³-hybridized carbons (Fsp3) is 0.333. The van der Waals surface area contributed by atoms with Crippen LogP contribution < -0.4 is 5.32 Å². The zero-order valence-corrected chi connectivity index (χ0v) is 21.6. The van der Waals surface area contributed by atoms with Crippen LogP contribution in [0.25, 0.3) is 0 Å². The van der Waals surface area contributed by atoms with E-state index >= 15 is 0 Å². The van der Waals surface area contributed by atoms with Gasteiger partial charge in [0.25, 0.3) is 0 Å². The first kappa shape index (κ1) is 26.6. The Morgan fingerprint density at radius 3 is 2.17 bits per heavy atom. The maximum Gasteiger partial charge on any atom is 0.243 e. The molecular weight excluding hydrogens is 452 g/mol. The Morgan fingerprint density at radius 1 is 0.886 bits per heavy atom. The van der Waals surface area contributed by atoms with Gasteiger partial charge in [-0.05, 0) is 35.6 Å². The van der Waals surface area contributed by atoms with Crippen LogP contribution in [0, 0.1) is 6.92 Å². The van der Waals surface area contributed by atoms with Gasteiger partial charge in [-0.25, -0.2) is 0 Å². The summed E-state index contributed by atoms with van der Waals surface area (Å²) in [5.74, 6) is 0.989. The number of carbonyl (C=O) groups excluding carboxylic acids is 2. The third-order valence-corrected chi connectivity index (χ3v) is 7.03. The topological polar surface area (TPSA) is 49.4 Å². The van der Waals surface area contributed by atoms with Crippen LogP contribution >= 0.6 is 11.8 Å². The number of carbonyl (C=O) groups is 2. The monoisotopic (exact) mass is 488 g/mol. The highest BCUT2D eigenvalue weighted by Crippen LogP contribution is 2.20. The van der Waals surface area contributed by atoms with Crippen LogP contribution in [-0.4, -0.2) is 35.1 Å². The van der Waals surface area contributed by atoms with Gasteiger partial charge < -0.3 is 10.2 Å². The number of aryl methyl sites for hydroxylation is 1. The second-order valence-electron chi connectivity index (χ2n) is 8.78. The molecule has 1 N–H and O–H groups in total. The molecule has 5 heteroatoms. The molecule has 0 spiro atoms. The first-order chi connectivity index (χ1) is 17.1. The highest BCUT2D eigenvalue weighted by atomic mass is 32.2. The van der Waals surface area contributed by atoms with E-state index in [4.69, 9.17) is 0 Å². The van der Waals surface area contributed by atoms with Crippen LogP contribution in [0.15, 0.2) is 84.9 Å². The van der Waals surface area contributed by atoms with E-state index in [2.05, 4.69) is 37.4 Å². The third kappa shape index (κ3) is 8.59. The minimum absolute atomic E-state index is 0.0132. The lowest BCUT2D eigenvalue weighted by molar-refractivity contribution is -0.139. The molecule has 0 unspecified atom stereocenters. The Balaban J connectivity index is 1.84. The second kappa shape index (κ2) is 14.4. The number of thioether (sulfide) groups is 1. The number of hydrogen-bond donors (Lipinski definition) is 1. The number of amides is 2. The van der Waals surface area contributed by atoms with Crippen LogP contribution in [0.3, 0.4) is 0 Å². The van der Waals surface area contributed by atoms with Crippen molar-refractivity contribution in [3.05, 3.63) is 107 Å². The molecule has 1 atom stereocenters. The number of nitrogens with one attached hydrogen (secondary N) is 1. The molecule has 3 rings (SSSR count). The van der Waals surface area contributed by atoms with Crippen molar-refractivity contribution in [2.75, 3.05) is 12.3 Å². The predicted octanol–water partition coefficient (Wildman–Crippen LogP) is 5.78. The van der Waals surface area contributed by atoms with Gasteiger partial charge in [0.15, 0.2) is 0 Å². The maximum atomic E-state index is 13.6. The van der Waals surface area contributed by atoms with Gasteiger partial charge in [0, 0.05) is 25.3 Å². The van der Waals surface area contributed by atoms with Crippen LogP contribution in [0.2, 0.25) is 0 Å². The SMILES string of the molecule is CCCCNC(=O)[C@@H](Cc1ccccc1)N(Cc1ccccc1C)C(=O)CSCc1ccccc1. The summed E-state index contributed by atoms with van der Waals surface area (Å²) in [7, 11) is 0. The van der Waals surface area contributed by atoms with E-state index in [1.165, 1.54) is 5.56 Å². The average molecular weight is 489 g/mol. The molecule has 4 nitrogen and oxygen atoms in total. The minimum Gasteiger partial charge on any atom is -0.354 e. The molecule has 184 valence electrons. The lowest BCUT2D eigenvalue weighted by Crippen LogP contribution is -2.51. The molecule has 0 heterocycles. The fourth-order valence-electron chi connectivity index (χ4n) is 3.94. The van der Waals surface area contributed by atoms with Crippen molar-refractivity contribution in [3.63, 3.8) is 0 Å². The summed E-state index contributed by atoms with van der Waals surface area (Å²) in [6.07, 6.45) is 2.41. The summed E-state index contributed by atoms with van der Waals surface area (Å²) in [6.45, 7) is 5.19. The number of hydrogen-bond acceptors (Lipinski definition) is 3. The number of unbranched alkanes of at least 4 members (excludes halogenated alkanes) is 1. The molecule has 0 saturated heterocycles. The van der Waals surface area contributed by atoms with E-state index in [0.717, 1.165) is 35.3 Å². The molecule has 3 aromatic rings. The quantitative estimate of drug-likeness (QED) is 0.310. The fourth-order valence-corrected chi connectivity index (χ4v) is 4.82. The summed E-state index contributed by atoms with van der Waals surface area (Å²) >= 11 is 1.59. The first-order valence-corrected chi connectivity index (χ1v) is 13.5. The van der Waals surface area contributed by atoms with Crippen molar-refractivity contribution >= 4 is 23.6 Å². The van der Waals surface area contributed by atoms with Crippen molar-refractivity contribution in [3.8, 4) is 0 Å². The van der Waals surface area contributed by atoms with Crippen molar-refractivity contribution in [1.29, 1.82) is 0 Å². The molecule has 0 aliphatic heterocycles. The van der Waals surface area contributed by atoms with Crippen molar-refractivity contribution < 1.29 is 9.59 Å². The molecule has 35 heavy (non-hydrogen) atoms. The second-order valence-corrected chi connectivity index (χ2v) is 9.76. The summed E-state index contributed by atoms with van der Waals surface area (Å²) < 4.78 is 0. The molecule has 0 radical (unpaired) electrons. The Kier molecular flexibility index (Phi) is 10.9. The van der Waals surface area contributed by atoms with E-state index in [-0.39, 0.29) is 11.8 Å². The summed E-state index contributed by atoms with van der Waals surface area (Å²) in [5.41, 5.74) is 4.41. The number of nitrogens with zero attached hydrogens (tertiary/aromatic N) is 1. The van der Waals surface area contributed by atoms with Crippen molar-refractivity contribution in [2.24, 2.45) is 0 Å². The molecule has 0 aromatic heterocycles. The minimum atomic E-state index is -0.571. The highest BCUT2D eigenvalue weighted by Gasteiger charge is 2.30. The first-order valence-electron chi connectivity index (χ1n) is 12.4. The van der Waals surface area contributed by atoms with Gasteiger partial charge in [-0.2, -0.15) is 0 Å². The van der Waals surface area contributed by atoms with E-state index in [1.54, 1.807) is 16.7 Å². The van der Waals surface area contributed by atoms with Gasteiger partial charge in [0.2, 0.25) is 11.8 Å². The van der Waals surface area contributed by atoms with Gasteiger partial charge in [-0.15, -0.1) is 11.8 Å². The largest absolute Gasteiger partial charge is 0.354 e. The molecule has 0 aliphatic rings. The van der Waals surface area contributed by atoms with Crippen LogP contribution in [-0.2, 0) is 28.3 Å². The van der Waals surface area contributed by atoms with E-state index < -0.39 is 6.04 Å². The van der Waals surface area contributed by atoms with Gasteiger partial charge in [-0.3, -0.25) is 9.59 Å². The zero-order valence-electron chi connectivity index (χ0n) is 20.8. The molecule has 2 amide bonds. The normalized spacial score (nSPS) is 11.6. The Morgan fingerprint density at radius 2 is 1.51 bits per heavy atom. The van der Waals surface area contributed by atoms with Crippen LogP contribution in [0.1, 0.15) is 42.0 Å². The summed E-state index contributed by atoms with van der Waals surface area (Å²) in [6, 6.07) is 27.6. The Hall–Kier alpha value is -3.05. The van der Waals surface area contributed by atoms with Gasteiger partial charge in [0.1, 0.15) is 6.04 Å². The van der Waals surface area contributed by atoms with E-state index in [1.807, 2.05) is 66.7 Å². The molecule has 0 fully saturated rings. The van der Waals surface area contributed by atoms with Crippen LogP contribution in [0.4, 0.5) is 0 Å². The predicted molar refractivity (Wildman–Crippen MR) is 146 cm³/mol. The van der Waals surface area contributed by atoms with E-state index in [9.17, 15) is 9.59 Å². The van der Waals surface area contributed by atoms with E-state index in [0.29, 0.717) is 25.3 Å². The molecule has 0 aliphatic carbocycles. The van der Waals surface area contributed by atoms with Gasteiger partial charge in [-0.1, -0.05) is 98.3 Å². The Bertz CT molecular complexity index is 1060. The standard InChI is InChI=1S/C30H36N2O2S/c1-3-4-19-31-30(34)28(20-25-14-7-5-8-15-25)32(21-27-18-12-11-13-24(27)2)29(33)23-35-22-26-16-9-6-10-17-26/h5-18,28H,3-4,19-23H2,1-2H3,(H,31,34)/t28-/m1/s1. The van der Waals surface area contributed by atoms with Crippen molar-refractivity contribution in [1.82, 2.24) is 10.2 Å². The smallest absolute Gasteiger partial charge is 0.243 e. The van der Waals surface area contributed by atoms with Crippen molar-refractivity contribution in [2.45, 2.75) is 51.4 Å². The summed E-state index contributed by atoms with van der Waals surface area (Å²) in [4.78, 5) is 28.9. The number of benzene rings is 3. The Labute approximate surface area is 214 Å². The molecule has 0 bridgehead atoms. The highest BCUT2D eigenvalue weighted by molar-refractivity contribution is 7.99. The van der Waals surface area contributed by atoms with Gasteiger partial charge in [0.05, 0.1) is 5.75 Å². The van der Waals surface area contributed by atoms with Crippen LogP contribution in [0.5, 0.6) is 0 Å². The third-order valence-electron chi connectivity index (χ3n) is 6.04. The lowest BCUT2D eigenvalue weighted by Gasteiger charge is -2.32. The lowest BCUT2D eigenvalue weighted by atomic mass is 10.0. The maximum absolute atomic E-state index is 13.6. The number of rotatable bonds is 13. The van der Waals surface area contributed by atoms with Gasteiger partial charge >= 0.3 is 0 Å².